The lowest BCUT2D eigenvalue weighted by Crippen LogP contribution is -2.31. The first-order chi connectivity index (χ1) is 12.8. The number of rotatable bonds is 2. The number of carbonyl (C=O) groups is 1. The highest BCUT2D eigenvalue weighted by Gasteiger charge is 2.38. The molecule has 146 valence electrons. The number of hydrogen-bond donors (Lipinski definition) is 2. The summed E-state index contributed by atoms with van der Waals surface area (Å²) in [6.45, 7) is 4.20. The van der Waals surface area contributed by atoms with E-state index in [1.54, 1.807) is 12.1 Å². The SMILES string of the molecule is CC1(C)CC(=O)C2=C(C1)Nc1ccccc1NC2c1ccc([N+](=O)[O-])cc1.Cl. The van der Waals surface area contributed by atoms with Crippen LogP contribution in [0.5, 0.6) is 0 Å². The summed E-state index contributed by atoms with van der Waals surface area (Å²) < 4.78 is 0. The molecule has 0 aromatic heterocycles. The quantitative estimate of drug-likeness (QED) is 0.533. The molecule has 0 saturated heterocycles. The van der Waals surface area contributed by atoms with Crippen LogP contribution in [0.1, 0.15) is 38.3 Å². The lowest BCUT2D eigenvalue weighted by atomic mass is 9.73. The summed E-state index contributed by atoms with van der Waals surface area (Å²) in [4.78, 5) is 23.6. The van der Waals surface area contributed by atoms with Crippen LogP contribution in [0.3, 0.4) is 0 Å². The molecule has 2 aliphatic rings. The number of allylic oxidation sites excluding steroid dienone is 1. The number of non-ortho nitro benzene ring substituents is 1. The smallest absolute Gasteiger partial charge is 0.269 e. The van der Waals surface area contributed by atoms with Gasteiger partial charge >= 0.3 is 0 Å². The molecular weight excluding hydrogens is 378 g/mol. The maximum Gasteiger partial charge on any atom is 0.269 e. The van der Waals surface area contributed by atoms with Gasteiger partial charge in [0.05, 0.1) is 22.3 Å². The minimum absolute atomic E-state index is 0. The number of Topliss-reactive ketones (excluding diaryl/α,β-unsaturated/α-hetero) is 1. The van der Waals surface area contributed by atoms with Crippen LogP contribution in [-0.4, -0.2) is 10.7 Å². The van der Waals surface area contributed by atoms with Crippen molar-refractivity contribution in [3.05, 3.63) is 75.5 Å². The minimum atomic E-state index is -0.417. The van der Waals surface area contributed by atoms with Crippen molar-refractivity contribution in [1.82, 2.24) is 0 Å². The van der Waals surface area contributed by atoms with E-state index in [0.29, 0.717) is 6.42 Å². The number of benzene rings is 2. The number of carbonyl (C=O) groups excluding carboxylic acids is 1. The molecule has 0 amide bonds. The molecule has 7 heteroatoms. The Balaban J connectivity index is 0.00000225. The molecule has 2 aromatic carbocycles. The molecule has 1 heterocycles. The number of nitrogens with zero attached hydrogens (tertiary/aromatic N) is 1. The number of nitro groups is 1. The predicted octanol–water partition coefficient (Wildman–Crippen LogP) is 5.24. The van der Waals surface area contributed by atoms with Gasteiger partial charge < -0.3 is 10.6 Å². The Morgan fingerprint density at radius 2 is 1.68 bits per heavy atom. The fourth-order valence-electron chi connectivity index (χ4n) is 3.93. The highest BCUT2D eigenvalue weighted by molar-refractivity contribution is 6.01. The van der Waals surface area contributed by atoms with Crippen molar-refractivity contribution in [2.75, 3.05) is 10.6 Å². The first kappa shape index (κ1) is 19.9. The fourth-order valence-corrected chi connectivity index (χ4v) is 3.93. The van der Waals surface area contributed by atoms with Crippen LogP contribution >= 0.6 is 12.4 Å². The molecule has 2 N–H and O–H groups in total. The Morgan fingerprint density at radius 1 is 1.04 bits per heavy atom. The Hall–Kier alpha value is -2.86. The Morgan fingerprint density at radius 3 is 2.32 bits per heavy atom. The summed E-state index contributed by atoms with van der Waals surface area (Å²) >= 11 is 0. The van der Waals surface area contributed by atoms with Crippen molar-refractivity contribution in [3.63, 3.8) is 0 Å². The molecule has 6 nitrogen and oxygen atoms in total. The van der Waals surface area contributed by atoms with E-state index >= 15 is 0 Å². The molecule has 0 saturated carbocycles. The van der Waals surface area contributed by atoms with Gasteiger partial charge in [-0.1, -0.05) is 26.0 Å². The third-order valence-electron chi connectivity index (χ3n) is 5.16. The highest BCUT2D eigenvalue weighted by Crippen LogP contribution is 2.45. The van der Waals surface area contributed by atoms with E-state index in [0.717, 1.165) is 34.6 Å². The zero-order chi connectivity index (χ0) is 19.2. The summed E-state index contributed by atoms with van der Waals surface area (Å²) in [5.74, 6) is 0.109. The normalized spacial score (nSPS) is 19.9. The molecule has 4 rings (SSSR count). The molecule has 0 fully saturated rings. The van der Waals surface area contributed by atoms with Gasteiger partial charge in [-0.3, -0.25) is 14.9 Å². The lowest BCUT2D eigenvalue weighted by molar-refractivity contribution is -0.384. The zero-order valence-corrected chi connectivity index (χ0v) is 16.5. The number of fused-ring (bicyclic) bond motifs is 1. The van der Waals surface area contributed by atoms with Crippen molar-refractivity contribution in [2.45, 2.75) is 32.7 Å². The van der Waals surface area contributed by atoms with E-state index in [1.165, 1.54) is 12.1 Å². The standard InChI is InChI=1S/C21H21N3O3.ClH/c1-21(2)11-17-19(18(25)12-21)20(13-7-9-14(10-8-13)24(26)27)23-16-6-4-3-5-15(16)22-17;/h3-10,20,22-23H,11-12H2,1-2H3;1H. The highest BCUT2D eigenvalue weighted by atomic mass is 35.5. The number of halogens is 1. The van der Waals surface area contributed by atoms with Crippen LogP contribution in [-0.2, 0) is 4.79 Å². The number of nitro benzene ring substituents is 1. The van der Waals surface area contributed by atoms with E-state index in [4.69, 9.17) is 0 Å². The summed E-state index contributed by atoms with van der Waals surface area (Å²) in [6.07, 6.45) is 1.25. The van der Waals surface area contributed by atoms with Crippen LogP contribution in [0.15, 0.2) is 59.8 Å². The Labute approximate surface area is 169 Å². The second-order valence-electron chi connectivity index (χ2n) is 7.93. The third-order valence-corrected chi connectivity index (χ3v) is 5.16. The first-order valence-electron chi connectivity index (χ1n) is 8.97. The van der Waals surface area contributed by atoms with Gasteiger partial charge in [-0.05, 0) is 41.7 Å². The van der Waals surface area contributed by atoms with Crippen molar-refractivity contribution < 1.29 is 9.72 Å². The van der Waals surface area contributed by atoms with Crippen LogP contribution in [0, 0.1) is 15.5 Å². The number of para-hydroxylation sites is 2. The summed E-state index contributed by atoms with van der Waals surface area (Å²) in [7, 11) is 0. The van der Waals surface area contributed by atoms with Gasteiger partial charge in [-0.25, -0.2) is 0 Å². The predicted molar refractivity (Wildman–Crippen MR) is 112 cm³/mol. The maximum absolute atomic E-state index is 13.1. The molecule has 1 atom stereocenters. The molecule has 1 unspecified atom stereocenters. The molecule has 0 spiro atoms. The summed E-state index contributed by atoms with van der Waals surface area (Å²) in [6, 6.07) is 13.9. The zero-order valence-electron chi connectivity index (χ0n) is 15.7. The molecule has 2 aromatic rings. The number of hydrogen-bond acceptors (Lipinski definition) is 5. The summed E-state index contributed by atoms with van der Waals surface area (Å²) in [5, 5.41) is 17.9. The topological polar surface area (TPSA) is 84.3 Å². The van der Waals surface area contributed by atoms with E-state index in [9.17, 15) is 14.9 Å². The second-order valence-corrected chi connectivity index (χ2v) is 7.93. The van der Waals surface area contributed by atoms with E-state index < -0.39 is 4.92 Å². The van der Waals surface area contributed by atoms with Crippen molar-refractivity contribution >= 4 is 35.3 Å². The van der Waals surface area contributed by atoms with Crippen molar-refractivity contribution in [1.29, 1.82) is 0 Å². The van der Waals surface area contributed by atoms with Crippen LogP contribution < -0.4 is 10.6 Å². The van der Waals surface area contributed by atoms with Crippen molar-refractivity contribution in [2.24, 2.45) is 5.41 Å². The van der Waals surface area contributed by atoms with Gasteiger partial charge in [0.15, 0.2) is 5.78 Å². The van der Waals surface area contributed by atoms with Gasteiger partial charge in [0, 0.05) is 29.8 Å². The van der Waals surface area contributed by atoms with Crippen LogP contribution in [0.25, 0.3) is 0 Å². The fraction of sp³-hybridized carbons (Fsp3) is 0.286. The van der Waals surface area contributed by atoms with Gasteiger partial charge in [0.25, 0.3) is 5.69 Å². The number of nitrogens with one attached hydrogen (secondary N) is 2. The monoisotopic (exact) mass is 399 g/mol. The van der Waals surface area contributed by atoms with E-state index in [2.05, 4.69) is 24.5 Å². The average molecular weight is 400 g/mol. The molecule has 0 radical (unpaired) electrons. The number of anilines is 2. The molecule has 0 bridgehead atoms. The first-order valence-corrected chi connectivity index (χ1v) is 8.97. The second kappa shape index (κ2) is 7.28. The molecule has 28 heavy (non-hydrogen) atoms. The molecule has 1 aliphatic heterocycles. The number of ketones is 1. The van der Waals surface area contributed by atoms with E-state index in [1.807, 2.05) is 24.3 Å². The van der Waals surface area contributed by atoms with Gasteiger partial charge in [0.2, 0.25) is 0 Å². The Bertz CT molecular complexity index is 967. The lowest BCUT2D eigenvalue weighted by Gasteiger charge is -2.34. The van der Waals surface area contributed by atoms with Crippen LogP contribution in [0.4, 0.5) is 17.1 Å². The maximum atomic E-state index is 13.1. The largest absolute Gasteiger partial charge is 0.372 e. The Kier molecular flexibility index (Phi) is 5.17. The van der Waals surface area contributed by atoms with Gasteiger partial charge in [-0.2, -0.15) is 0 Å². The minimum Gasteiger partial charge on any atom is -0.372 e. The third kappa shape index (κ3) is 3.60. The van der Waals surface area contributed by atoms with Crippen molar-refractivity contribution in [3.8, 4) is 0 Å². The summed E-state index contributed by atoms with van der Waals surface area (Å²) in [5.41, 5.74) is 4.25. The van der Waals surface area contributed by atoms with Gasteiger partial charge in [-0.15, -0.1) is 12.4 Å². The van der Waals surface area contributed by atoms with E-state index in [-0.39, 0.29) is 35.3 Å². The van der Waals surface area contributed by atoms with Gasteiger partial charge in [0.1, 0.15) is 0 Å². The van der Waals surface area contributed by atoms with Crippen LogP contribution in [0.2, 0.25) is 0 Å². The molecule has 1 aliphatic carbocycles. The average Bonchev–Trinajstić information content (AvgIpc) is 2.77. The molecular formula is C21H22ClN3O3.